The van der Waals surface area contributed by atoms with Gasteiger partial charge in [-0.25, -0.2) is 0 Å². The van der Waals surface area contributed by atoms with Crippen LogP contribution in [-0.4, -0.2) is 16.9 Å². The van der Waals surface area contributed by atoms with Crippen LogP contribution >= 0.6 is 11.6 Å². The van der Waals surface area contributed by atoms with Crippen LogP contribution in [0, 0.1) is 6.92 Å². The number of hydrogen-bond donors (Lipinski definition) is 1. The lowest BCUT2D eigenvalue weighted by Gasteiger charge is -2.08. The molecule has 0 fully saturated rings. The van der Waals surface area contributed by atoms with Gasteiger partial charge in [0.1, 0.15) is 11.6 Å². The molecule has 0 spiro atoms. The molecule has 2 aromatic rings. The molecule has 0 aliphatic heterocycles. The number of methoxy groups -OCH3 is 1. The predicted molar refractivity (Wildman–Crippen MR) is 69.4 cm³/mol. The number of nitrogens with two attached hydrogens (primary N) is 1. The number of anilines is 1. The first kappa shape index (κ1) is 11.8. The van der Waals surface area contributed by atoms with E-state index >= 15 is 0 Å². The Morgan fingerprint density at radius 2 is 2.06 bits per heavy atom. The predicted octanol–water partition coefficient (Wildman–Crippen LogP) is 2.64. The second kappa shape index (κ2) is 4.30. The van der Waals surface area contributed by atoms with Crippen molar-refractivity contribution in [3.05, 3.63) is 28.8 Å². The smallest absolute Gasteiger partial charge is 0.121 e. The van der Waals surface area contributed by atoms with Crippen LogP contribution in [0.4, 0.5) is 5.82 Å². The highest BCUT2D eigenvalue weighted by molar-refractivity contribution is 6.31. The number of aromatic nitrogens is 2. The van der Waals surface area contributed by atoms with Crippen molar-refractivity contribution in [1.29, 1.82) is 0 Å². The zero-order valence-electron chi connectivity index (χ0n) is 9.99. The summed E-state index contributed by atoms with van der Waals surface area (Å²) < 4.78 is 6.83. The largest absolute Gasteiger partial charge is 0.497 e. The Labute approximate surface area is 105 Å². The number of nitrogen functional groups attached to an aromatic ring is 1. The molecule has 0 radical (unpaired) electrons. The Bertz CT molecular complexity index is 544. The van der Waals surface area contributed by atoms with Crippen LogP contribution in [0.2, 0.25) is 5.02 Å². The van der Waals surface area contributed by atoms with E-state index in [0.29, 0.717) is 16.6 Å². The van der Waals surface area contributed by atoms with Crippen LogP contribution in [0.5, 0.6) is 5.75 Å². The van der Waals surface area contributed by atoms with E-state index in [1.165, 1.54) is 0 Å². The molecule has 0 unspecified atom stereocenters. The van der Waals surface area contributed by atoms with Gasteiger partial charge < -0.3 is 10.5 Å². The maximum Gasteiger partial charge on any atom is 0.121 e. The van der Waals surface area contributed by atoms with Crippen LogP contribution in [0.15, 0.2) is 18.2 Å². The fourth-order valence-corrected chi connectivity index (χ4v) is 1.86. The first-order valence-electron chi connectivity index (χ1n) is 5.17. The van der Waals surface area contributed by atoms with Crippen molar-refractivity contribution in [2.24, 2.45) is 7.05 Å². The van der Waals surface area contributed by atoms with Gasteiger partial charge in [-0.2, -0.15) is 5.10 Å². The first-order valence-corrected chi connectivity index (χ1v) is 5.54. The third-order valence-corrected chi connectivity index (χ3v) is 3.14. The van der Waals surface area contributed by atoms with Gasteiger partial charge >= 0.3 is 0 Å². The van der Waals surface area contributed by atoms with E-state index < -0.39 is 0 Å². The maximum atomic E-state index is 6.15. The van der Waals surface area contributed by atoms with Gasteiger partial charge in [0, 0.05) is 23.7 Å². The summed E-state index contributed by atoms with van der Waals surface area (Å²) in [7, 11) is 3.41. The van der Waals surface area contributed by atoms with E-state index in [1.807, 2.05) is 19.1 Å². The second-order valence-electron chi connectivity index (χ2n) is 3.86. The Kier molecular flexibility index (Phi) is 2.98. The molecule has 90 valence electrons. The number of aryl methyl sites for hydroxylation is 1. The summed E-state index contributed by atoms with van der Waals surface area (Å²) in [5, 5.41) is 4.99. The minimum Gasteiger partial charge on any atom is -0.497 e. The molecule has 1 aromatic heterocycles. The monoisotopic (exact) mass is 251 g/mol. The summed E-state index contributed by atoms with van der Waals surface area (Å²) in [6.07, 6.45) is 0. The quantitative estimate of drug-likeness (QED) is 0.893. The molecule has 0 aliphatic carbocycles. The highest BCUT2D eigenvalue weighted by Gasteiger charge is 2.12. The van der Waals surface area contributed by atoms with Crippen LogP contribution in [-0.2, 0) is 7.05 Å². The highest BCUT2D eigenvalue weighted by Crippen LogP contribution is 2.32. The van der Waals surface area contributed by atoms with Gasteiger partial charge in [-0.15, -0.1) is 0 Å². The molecule has 0 saturated carbocycles. The zero-order chi connectivity index (χ0) is 12.6. The fourth-order valence-electron chi connectivity index (χ4n) is 1.65. The van der Waals surface area contributed by atoms with Crippen molar-refractivity contribution < 1.29 is 4.74 Å². The Balaban J connectivity index is 2.61. The third-order valence-electron chi connectivity index (χ3n) is 2.75. The summed E-state index contributed by atoms with van der Waals surface area (Å²) in [5.41, 5.74) is 8.46. The van der Waals surface area contributed by atoms with E-state index in [4.69, 9.17) is 22.1 Å². The topological polar surface area (TPSA) is 53.1 Å². The van der Waals surface area contributed by atoms with Gasteiger partial charge in [0.05, 0.1) is 12.8 Å². The molecule has 0 saturated heterocycles. The van der Waals surface area contributed by atoms with Crippen molar-refractivity contribution >= 4 is 17.4 Å². The number of hydrogen-bond acceptors (Lipinski definition) is 3. The molecule has 2 N–H and O–H groups in total. The van der Waals surface area contributed by atoms with Gasteiger partial charge in [0.25, 0.3) is 0 Å². The number of benzene rings is 1. The summed E-state index contributed by atoms with van der Waals surface area (Å²) >= 11 is 6.15. The second-order valence-corrected chi connectivity index (χ2v) is 4.27. The molecule has 5 heteroatoms. The van der Waals surface area contributed by atoms with Crippen molar-refractivity contribution in [1.82, 2.24) is 9.78 Å². The average molecular weight is 252 g/mol. The number of nitrogens with zero attached hydrogens (tertiary/aromatic N) is 2. The Morgan fingerprint density at radius 3 is 2.59 bits per heavy atom. The van der Waals surface area contributed by atoms with Crippen molar-refractivity contribution in [2.45, 2.75) is 6.92 Å². The molecule has 4 nitrogen and oxygen atoms in total. The van der Waals surface area contributed by atoms with Gasteiger partial charge in [-0.05, 0) is 24.6 Å². The zero-order valence-corrected chi connectivity index (χ0v) is 10.7. The van der Waals surface area contributed by atoms with Crippen LogP contribution in [0.3, 0.4) is 0 Å². The molecule has 0 aliphatic rings. The lowest BCUT2D eigenvalue weighted by Crippen LogP contribution is -1.96. The molecule has 0 atom stereocenters. The molecule has 2 rings (SSSR count). The van der Waals surface area contributed by atoms with E-state index in [2.05, 4.69) is 5.10 Å². The van der Waals surface area contributed by atoms with Gasteiger partial charge in [-0.3, -0.25) is 4.68 Å². The first-order chi connectivity index (χ1) is 8.02. The summed E-state index contributed by atoms with van der Waals surface area (Å²) in [6.45, 7) is 1.95. The van der Waals surface area contributed by atoms with Crippen LogP contribution in [0.25, 0.3) is 11.3 Å². The minimum absolute atomic E-state index is 0.610. The van der Waals surface area contributed by atoms with Crippen LogP contribution < -0.4 is 10.5 Å². The van der Waals surface area contributed by atoms with Crippen molar-refractivity contribution in [2.75, 3.05) is 12.8 Å². The normalized spacial score (nSPS) is 10.6. The molecular weight excluding hydrogens is 238 g/mol. The van der Waals surface area contributed by atoms with Crippen molar-refractivity contribution in [3.8, 4) is 17.0 Å². The maximum absolute atomic E-state index is 6.15. The number of halogens is 1. The molecule has 0 bridgehead atoms. The lowest BCUT2D eigenvalue weighted by molar-refractivity contribution is 0.415. The molecular formula is C12H14ClN3O. The summed E-state index contributed by atoms with van der Waals surface area (Å²) in [5.74, 6) is 1.32. The number of rotatable bonds is 2. The molecule has 17 heavy (non-hydrogen) atoms. The Morgan fingerprint density at radius 1 is 1.35 bits per heavy atom. The van der Waals surface area contributed by atoms with E-state index in [9.17, 15) is 0 Å². The van der Waals surface area contributed by atoms with Gasteiger partial charge in [-0.1, -0.05) is 11.6 Å². The minimum atomic E-state index is 0.610. The van der Waals surface area contributed by atoms with E-state index in [0.717, 1.165) is 16.8 Å². The molecule has 1 heterocycles. The lowest BCUT2D eigenvalue weighted by atomic mass is 10.1. The summed E-state index contributed by atoms with van der Waals surface area (Å²) in [6, 6.07) is 5.51. The fraction of sp³-hybridized carbons (Fsp3) is 0.250. The SMILES string of the molecule is COc1cc(Cl)c(C)c(-c2cc(N)n(C)n2)c1. The number of ether oxygens (including phenoxy) is 1. The molecule has 1 aromatic carbocycles. The van der Waals surface area contributed by atoms with Crippen molar-refractivity contribution in [3.63, 3.8) is 0 Å². The standard InChI is InChI=1S/C12H14ClN3O/c1-7-9(4-8(17-3)5-10(7)13)11-6-12(14)16(2)15-11/h4-6H,14H2,1-3H3. The van der Waals surface area contributed by atoms with E-state index in [-0.39, 0.29) is 0 Å². The summed E-state index contributed by atoms with van der Waals surface area (Å²) in [4.78, 5) is 0. The third kappa shape index (κ3) is 2.08. The Hall–Kier alpha value is -1.68. The van der Waals surface area contributed by atoms with Crippen LogP contribution in [0.1, 0.15) is 5.56 Å². The highest BCUT2D eigenvalue weighted by atomic mass is 35.5. The van der Waals surface area contributed by atoms with E-state index in [1.54, 1.807) is 24.9 Å². The molecule has 0 amide bonds. The van der Waals surface area contributed by atoms with Gasteiger partial charge in [0.2, 0.25) is 0 Å². The van der Waals surface area contributed by atoms with Gasteiger partial charge in [0.15, 0.2) is 0 Å². The average Bonchev–Trinajstić information content (AvgIpc) is 2.62.